The zero-order chi connectivity index (χ0) is 11.2. The summed E-state index contributed by atoms with van der Waals surface area (Å²) >= 11 is 0. The number of anilines is 2. The molecule has 1 aromatic heterocycles. The van der Waals surface area contributed by atoms with Crippen LogP contribution in [0.1, 0.15) is 6.42 Å². The van der Waals surface area contributed by atoms with E-state index in [4.69, 9.17) is 5.73 Å². The van der Waals surface area contributed by atoms with E-state index in [9.17, 15) is 0 Å². The Morgan fingerprint density at radius 2 is 1.79 bits per heavy atom. The second kappa shape index (κ2) is 10.8. The number of nitrogen functional groups attached to an aromatic ring is 1. The summed E-state index contributed by atoms with van der Waals surface area (Å²) in [5.74, 6) is 0. The van der Waals surface area contributed by atoms with Crippen LogP contribution in [0.3, 0.4) is 0 Å². The zero-order valence-electron chi connectivity index (χ0n) is 10.4. The highest BCUT2D eigenvalue weighted by Crippen LogP contribution is 2.10. The lowest BCUT2D eigenvalue weighted by molar-refractivity contribution is 0.661. The van der Waals surface area contributed by atoms with E-state index in [0.717, 1.165) is 30.9 Å². The molecular formula is C12H19Cl3N4. The van der Waals surface area contributed by atoms with E-state index >= 15 is 0 Å². The number of hydrogen-bond donors (Lipinski definition) is 2. The predicted octanol–water partition coefficient (Wildman–Crippen LogP) is 3.23. The summed E-state index contributed by atoms with van der Waals surface area (Å²) in [5, 5.41) is 3.34. The van der Waals surface area contributed by atoms with Gasteiger partial charge in [0.2, 0.25) is 0 Å². The first-order valence-corrected chi connectivity index (χ1v) is 5.40. The lowest BCUT2D eigenvalue weighted by atomic mass is 10.3. The molecule has 1 aromatic carbocycles. The van der Waals surface area contributed by atoms with Gasteiger partial charge < -0.3 is 15.6 Å². The molecule has 0 spiro atoms. The van der Waals surface area contributed by atoms with Crippen LogP contribution in [0.4, 0.5) is 11.4 Å². The highest BCUT2D eigenvalue weighted by molar-refractivity contribution is 5.86. The standard InChI is InChI=1S/C12H16N4.3ClH/c13-11-2-4-12(5-3-11)15-6-1-8-16-9-7-14-10-16;;;/h2-5,7,9-10,15H,1,6,8,13H2;3*1H. The van der Waals surface area contributed by atoms with Gasteiger partial charge in [-0.1, -0.05) is 0 Å². The summed E-state index contributed by atoms with van der Waals surface area (Å²) in [5.41, 5.74) is 7.51. The van der Waals surface area contributed by atoms with E-state index in [1.165, 1.54) is 0 Å². The summed E-state index contributed by atoms with van der Waals surface area (Å²) in [6.07, 6.45) is 6.68. The molecule has 0 fully saturated rings. The SMILES string of the molecule is Cl.Cl.Cl.Nc1ccc(NCCCn2ccnc2)cc1. The zero-order valence-corrected chi connectivity index (χ0v) is 12.8. The summed E-state index contributed by atoms with van der Waals surface area (Å²) in [4.78, 5) is 4.00. The number of nitrogens with two attached hydrogens (primary N) is 1. The minimum atomic E-state index is 0. The summed E-state index contributed by atoms with van der Waals surface area (Å²) in [7, 11) is 0. The molecule has 0 saturated carbocycles. The van der Waals surface area contributed by atoms with E-state index in [0.29, 0.717) is 0 Å². The third kappa shape index (κ3) is 7.15. The minimum absolute atomic E-state index is 0. The van der Waals surface area contributed by atoms with Crippen molar-refractivity contribution < 1.29 is 0 Å². The van der Waals surface area contributed by atoms with Crippen LogP contribution in [-0.4, -0.2) is 16.1 Å². The maximum Gasteiger partial charge on any atom is 0.0945 e. The van der Waals surface area contributed by atoms with Crippen molar-refractivity contribution in [2.45, 2.75) is 13.0 Å². The summed E-state index contributed by atoms with van der Waals surface area (Å²) in [6, 6.07) is 7.79. The Bertz CT molecular complexity index is 417. The quantitative estimate of drug-likeness (QED) is 0.655. The van der Waals surface area contributed by atoms with Crippen LogP contribution in [-0.2, 0) is 6.54 Å². The van der Waals surface area contributed by atoms with Crippen molar-refractivity contribution in [2.24, 2.45) is 0 Å². The molecule has 0 atom stereocenters. The first-order chi connectivity index (χ1) is 7.84. The van der Waals surface area contributed by atoms with Crippen LogP contribution < -0.4 is 11.1 Å². The van der Waals surface area contributed by atoms with Crippen LogP contribution in [0.2, 0.25) is 0 Å². The van der Waals surface area contributed by atoms with Crippen LogP contribution in [0.15, 0.2) is 43.0 Å². The van der Waals surface area contributed by atoms with Crippen molar-refractivity contribution in [3.05, 3.63) is 43.0 Å². The normalized spacial score (nSPS) is 8.63. The number of aryl methyl sites for hydroxylation is 1. The second-order valence-corrected chi connectivity index (χ2v) is 3.70. The molecule has 0 aliphatic rings. The lowest BCUT2D eigenvalue weighted by Gasteiger charge is -2.06. The molecule has 2 aromatic rings. The van der Waals surface area contributed by atoms with Crippen molar-refractivity contribution in [2.75, 3.05) is 17.6 Å². The van der Waals surface area contributed by atoms with Gasteiger partial charge in [0.1, 0.15) is 0 Å². The molecule has 2 rings (SSSR count). The Balaban J connectivity index is 0. The fourth-order valence-electron chi connectivity index (χ4n) is 1.51. The number of nitrogens with one attached hydrogen (secondary N) is 1. The third-order valence-electron chi connectivity index (χ3n) is 2.39. The van der Waals surface area contributed by atoms with Crippen molar-refractivity contribution in [3.63, 3.8) is 0 Å². The minimum Gasteiger partial charge on any atom is -0.399 e. The van der Waals surface area contributed by atoms with Gasteiger partial charge in [-0.25, -0.2) is 4.98 Å². The van der Waals surface area contributed by atoms with Gasteiger partial charge in [0.25, 0.3) is 0 Å². The maximum atomic E-state index is 5.61. The number of nitrogens with zero attached hydrogens (tertiary/aromatic N) is 2. The molecule has 0 aliphatic heterocycles. The predicted molar refractivity (Wildman–Crippen MR) is 87.9 cm³/mol. The van der Waals surface area contributed by atoms with E-state index in [2.05, 4.69) is 14.9 Å². The number of benzene rings is 1. The lowest BCUT2D eigenvalue weighted by Crippen LogP contribution is -2.05. The van der Waals surface area contributed by atoms with Crippen LogP contribution in [0, 0.1) is 0 Å². The molecule has 4 nitrogen and oxygen atoms in total. The summed E-state index contributed by atoms with van der Waals surface area (Å²) in [6.45, 7) is 1.93. The number of imidazole rings is 1. The molecule has 0 amide bonds. The molecule has 19 heavy (non-hydrogen) atoms. The van der Waals surface area contributed by atoms with E-state index in [-0.39, 0.29) is 37.2 Å². The van der Waals surface area contributed by atoms with Gasteiger partial charge in [0.15, 0.2) is 0 Å². The summed E-state index contributed by atoms with van der Waals surface area (Å²) < 4.78 is 2.07. The van der Waals surface area contributed by atoms with Crippen molar-refractivity contribution in [1.82, 2.24) is 9.55 Å². The molecule has 108 valence electrons. The van der Waals surface area contributed by atoms with Gasteiger partial charge in [-0.2, -0.15) is 0 Å². The Morgan fingerprint density at radius 3 is 2.37 bits per heavy atom. The maximum absolute atomic E-state index is 5.61. The third-order valence-corrected chi connectivity index (χ3v) is 2.39. The van der Waals surface area contributed by atoms with E-state index < -0.39 is 0 Å². The van der Waals surface area contributed by atoms with Crippen LogP contribution in [0.5, 0.6) is 0 Å². The van der Waals surface area contributed by atoms with Gasteiger partial charge in [-0.3, -0.25) is 0 Å². The largest absolute Gasteiger partial charge is 0.399 e. The van der Waals surface area contributed by atoms with Gasteiger partial charge in [0, 0.05) is 36.9 Å². The van der Waals surface area contributed by atoms with Crippen molar-refractivity contribution >= 4 is 48.6 Å². The second-order valence-electron chi connectivity index (χ2n) is 3.70. The molecule has 0 aliphatic carbocycles. The van der Waals surface area contributed by atoms with Crippen molar-refractivity contribution in [1.29, 1.82) is 0 Å². The molecular weight excluding hydrogens is 307 g/mol. The molecule has 1 heterocycles. The number of halogens is 3. The van der Waals surface area contributed by atoms with E-state index in [1.807, 2.05) is 36.8 Å². The average molecular weight is 326 g/mol. The van der Waals surface area contributed by atoms with E-state index in [1.54, 1.807) is 6.20 Å². The van der Waals surface area contributed by atoms with Gasteiger partial charge in [-0.15, -0.1) is 37.2 Å². The monoisotopic (exact) mass is 324 g/mol. The number of hydrogen-bond acceptors (Lipinski definition) is 3. The fraction of sp³-hybridized carbons (Fsp3) is 0.250. The highest BCUT2D eigenvalue weighted by atomic mass is 35.5. The highest BCUT2D eigenvalue weighted by Gasteiger charge is 1.92. The van der Waals surface area contributed by atoms with Gasteiger partial charge in [-0.05, 0) is 30.7 Å². The van der Waals surface area contributed by atoms with Gasteiger partial charge in [0.05, 0.1) is 6.33 Å². The molecule has 0 bridgehead atoms. The Kier molecular flexibility index (Phi) is 11.5. The Morgan fingerprint density at radius 1 is 1.11 bits per heavy atom. The number of aromatic nitrogens is 2. The smallest absolute Gasteiger partial charge is 0.0945 e. The molecule has 3 N–H and O–H groups in total. The van der Waals surface area contributed by atoms with Crippen molar-refractivity contribution in [3.8, 4) is 0 Å². The van der Waals surface area contributed by atoms with Crippen LogP contribution >= 0.6 is 37.2 Å². The molecule has 7 heteroatoms. The number of rotatable bonds is 5. The molecule has 0 unspecified atom stereocenters. The molecule has 0 radical (unpaired) electrons. The fourth-order valence-corrected chi connectivity index (χ4v) is 1.51. The molecule has 0 saturated heterocycles. The average Bonchev–Trinajstić information content (AvgIpc) is 2.80. The van der Waals surface area contributed by atoms with Gasteiger partial charge >= 0.3 is 0 Å². The Labute approximate surface area is 132 Å². The topological polar surface area (TPSA) is 55.9 Å². The Hall–Kier alpha value is -1.10. The van der Waals surface area contributed by atoms with Crippen LogP contribution in [0.25, 0.3) is 0 Å². The first kappa shape index (κ1) is 20.2. The first-order valence-electron chi connectivity index (χ1n) is 5.40.